The number of nitriles is 1. The van der Waals surface area contributed by atoms with E-state index in [9.17, 15) is 10.1 Å². The highest BCUT2D eigenvalue weighted by Gasteiger charge is 2.26. The molecule has 0 spiro atoms. The van der Waals surface area contributed by atoms with Gasteiger partial charge in [-0.3, -0.25) is 4.79 Å². The van der Waals surface area contributed by atoms with E-state index >= 15 is 0 Å². The molecular formula is C25H25N3OS. The highest BCUT2D eigenvalue weighted by Crippen LogP contribution is 2.32. The van der Waals surface area contributed by atoms with Crippen molar-refractivity contribution in [3.05, 3.63) is 81.4 Å². The molecule has 0 saturated heterocycles. The first-order valence-electron chi connectivity index (χ1n) is 9.77. The Kier molecular flexibility index (Phi) is 6.19. The molecule has 0 saturated carbocycles. The van der Waals surface area contributed by atoms with Crippen LogP contribution in [0.3, 0.4) is 0 Å². The summed E-state index contributed by atoms with van der Waals surface area (Å²) in [6.07, 6.45) is 0. The number of nitrogens with zero attached hydrogens (tertiary/aromatic N) is 2. The minimum atomic E-state index is -0.424. The molecule has 0 bridgehead atoms. The Hall–Kier alpha value is -3.23. The van der Waals surface area contributed by atoms with Crippen LogP contribution in [0.5, 0.6) is 0 Å². The molecule has 0 fully saturated rings. The highest BCUT2D eigenvalue weighted by molar-refractivity contribution is 7.13. The van der Waals surface area contributed by atoms with Crippen molar-refractivity contribution in [2.45, 2.75) is 34.6 Å². The second-order valence-corrected chi connectivity index (χ2v) is 9.36. The number of thiazole rings is 1. The maximum atomic E-state index is 12.9. The van der Waals surface area contributed by atoms with E-state index in [0.717, 1.165) is 21.7 Å². The molecule has 152 valence electrons. The predicted molar refractivity (Wildman–Crippen MR) is 123 cm³/mol. The van der Waals surface area contributed by atoms with Crippen LogP contribution in [0.2, 0.25) is 0 Å². The molecule has 4 nitrogen and oxygen atoms in total. The summed E-state index contributed by atoms with van der Waals surface area (Å²) < 4.78 is 0. The van der Waals surface area contributed by atoms with Gasteiger partial charge in [-0.05, 0) is 30.5 Å². The lowest BCUT2D eigenvalue weighted by atomic mass is 9.86. The normalized spacial score (nSPS) is 12.1. The van der Waals surface area contributed by atoms with Crippen LogP contribution in [0, 0.1) is 30.6 Å². The summed E-state index contributed by atoms with van der Waals surface area (Å²) in [5.41, 5.74) is 4.32. The van der Waals surface area contributed by atoms with Gasteiger partial charge in [-0.1, -0.05) is 75.4 Å². The lowest BCUT2D eigenvalue weighted by Gasteiger charge is -2.25. The Morgan fingerprint density at radius 2 is 1.60 bits per heavy atom. The van der Waals surface area contributed by atoms with Gasteiger partial charge in [-0.2, -0.15) is 5.26 Å². The van der Waals surface area contributed by atoms with Gasteiger partial charge in [0.2, 0.25) is 0 Å². The largest absolute Gasteiger partial charge is 0.323 e. The maximum absolute atomic E-state index is 12.9. The smallest absolute Gasteiger partial charge is 0.267 e. The Labute approximate surface area is 181 Å². The van der Waals surface area contributed by atoms with Crippen molar-refractivity contribution in [2.24, 2.45) is 5.41 Å². The Morgan fingerprint density at radius 3 is 2.10 bits per heavy atom. The summed E-state index contributed by atoms with van der Waals surface area (Å²) in [5, 5.41) is 13.8. The van der Waals surface area contributed by atoms with Gasteiger partial charge in [0.1, 0.15) is 10.9 Å². The first kappa shape index (κ1) is 21.5. The summed E-state index contributed by atoms with van der Waals surface area (Å²) in [5.74, 6) is -0.225. The Balaban J connectivity index is 2.01. The zero-order chi connectivity index (χ0) is 21.9. The minimum Gasteiger partial charge on any atom is -0.323 e. The van der Waals surface area contributed by atoms with Crippen LogP contribution in [0.15, 0.2) is 60.3 Å². The summed E-state index contributed by atoms with van der Waals surface area (Å²) in [4.78, 5) is 17.9. The maximum Gasteiger partial charge on any atom is 0.267 e. The molecular weight excluding hydrogens is 390 g/mol. The third-order valence-electron chi connectivity index (χ3n) is 4.74. The molecule has 0 radical (unpaired) electrons. The quantitative estimate of drug-likeness (QED) is 0.521. The molecule has 3 rings (SSSR count). The second kappa shape index (κ2) is 8.64. The zero-order valence-electron chi connectivity index (χ0n) is 17.9. The number of hydrogen-bond donors (Lipinski definition) is 1. The first-order chi connectivity index (χ1) is 14.2. The van der Waals surface area contributed by atoms with Crippen molar-refractivity contribution in [2.75, 3.05) is 0 Å². The van der Waals surface area contributed by atoms with E-state index in [1.807, 2.05) is 77.1 Å². The van der Waals surface area contributed by atoms with Crippen LogP contribution >= 0.6 is 11.3 Å². The fourth-order valence-corrected chi connectivity index (χ4v) is 4.08. The van der Waals surface area contributed by atoms with E-state index < -0.39 is 5.41 Å². The molecule has 1 heterocycles. The van der Waals surface area contributed by atoms with Gasteiger partial charge >= 0.3 is 0 Å². The minimum absolute atomic E-state index is 0.225. The Morgan fingerprint density at radius 1 is 1.00 bits per heavy atom. The molecule has 0 aliphatic heterocycles. The number of nitrogens with one attached hydrogen (secondary N) is 1. The van der Waals surface area contributed by atoms with Gasteiger partial charge in [-0.15, -0.1) is 11.3 Å². The van der Waals surface area contributed by atoms with Crippen molar-refractivity contribution in [3.8, 4) is 17.2 Å². The molecule has 0 aliphatic rings. The van der Waals surface area contributed by atoms with Crippen molar-refractivity contribution < 1.29 is 4.79 Å². The average Bonchev–Trinajstić information content (AvgIpc) is 3.06. The second-order valence-electron chi connectivity index (χ2n) is 8.16. The van der Waals surface area contributed by atoms with Crippen molar-refractivity contribution in [1.82, 2.24) is 10.3 Å². The number of aromatic nitrogens is 1. The van der Waals surface area contributed by atoms with E-state index in [0.29, 0.717) is 21.8 Å². The summed E-state index contributed by atoms with van der Waals surface area (Å²) in [6, 6.07) is 20.3. The molecule has 5 heteroatoms. The molecule has 30 heavy (non-hydrogen) atoms. The lowest BCUT2D eigenvalue weighted by Crippen LogP contribution is -2.31. The predicted octanol–water partition coefficient (Wildman–Crippen LogP) is 6.14. The van der Waals surface area contributed by atoms with E-state index in [4.69, 9.17) is 0 Å². The fraction of sp³-hybridized carbons (Fsp3) is 0.240. The Bertz CT molecular complexity index is 1130. The molecule has 2 aromatic carbocycles. The third kappa shape index (κ3) is 4.67. The summed E-state index contributed by atoms with van der Waals surface area (Å²) in [6.45, 7) is 9.67. The number of amides is 1. The van der Waals surface area contributed by atoms with Gasteiger partial charge < -0.3 is 5.32 Å². The van der Waals surface area contributed by atoms with Crippen molar-refractivity contribution in [1.29, 1.82) is 5.26 Å². The first-order valence-corrected chi connectivity index (χ1v) is 10.6. The molecule has 1 N–H and O–H groups in total. The fourth-order valence-electron chi connectivity index (χ4n) is 3.26. The third-order valence-corrected chi connectivity index (χ3v) is 5.81. The van der Waals surface area contributed by atoms with Crippen molar-refractivity contribution >= 4 is 22.8 Å². The van der Waals surface area contributed by atoms with Gasteiger partial charge in [0.15, 0.2) is 0 Å². The van der Waals surface area contributed by atoms with Gasteiger partial charge in [0, 0.05) is 11.1 Å². The van der Waals surface area contributed by atoms with Crippen LogP contribution in [-0.2, 0) is 0 Å². The summed E-state index contributed by atoms with van der Waals surface area (Å²) >= 11 is 1.36. The number of allylic oxidation sites excluding steroid dienone is 2. The van der Waals surface area contributed by atoms with E-state index in [2.05, 4.69) is 28.5 Å². The molecule has 1 aromatic heterocycles. The molecule has 0 unspecified atom stereocenters. The molecule has 1 amide bonds. The van der Waals surface area contributed by atoms with E-state index in [1.165, 1.54) is 11.3 Å². The standard InChI is InChI=1S/C25H25N3OS/c1-16-22(30-17(2)27-16)24(29)28-23(25(3,4)5)21(15-26)20-13-11-19(12-14-20)18-9-7-6-8-10-18/h6-14H,1-5H3,(H,28,29)/b23-21-. The molecule has 0 atom stereocenters. The zero-order valence-corrected chi connectivity index (χ0v) is 18.7. The topological polar surface area (TPSA) is 65.8 Å². The monoisotopic (exact) mass is 415 g/mol. The number of rotatable bonds is 4. The summed E-state index contributed by atoms with van der Waals surface area (Å²) in [7, 11) is 0. The average molecular weight is 416 g/mol. The van der Waals surface area contributed by atoms with E-state index in [1.54, 1.807) is 0 Å². The van der Waals surface area contributed by atoms with Crippen LogP contribution in [-0.4, -0.2) is 10.9 Å². The molecule has 3 aromatic rings. The molecule has 0 aliphatic carbocycles. The SMILES string of the molecule is Cc1nc(C)c(C(=O)N/C(=C(/C#N)c2ccc(-c3ccccc3)cc2)C(C)(C)C)s1. The number of carbonyl (C=O) groups excluding carboxylic acids is 1. The van der Waals surface area contributed by atoms with Crippen LogP contribution in [0.25, 0.3) is 16.7 Å². The number of carbonyl (C=O) groups is 1. The van der Waals surface area contributed by atoms with Crippen molar-refractivity contribution in [3.63, 3.8) is 0 Å². The number of hydrogen-bond acceptors (Lipinski definition) is 4. The lowest BCUT2D eigenvalue weighted by molar-refractivity contribution is 0.0961. The number of aryl methyl sites for hydroxylation is 2. The van der Waals surface area contributed by atoms with Crippen LogP contribution < -0.4 is 5.32 Å². The van der Waals surface area contributed by atoms with Crippen LogP contribution in [0.1, 0.15) is 46.7 Å². The van der Waals surface area contributed by atoms with Gasteiger partial charge in [0.25, 0.3) is 5.91 Å². The van der Waals surface area contributed by atoms with Gasteiger partial charge in [-0.25, -0.2) is 4.98 Å². The number of benzene rings is 2. The van der Waals surface area contributed by atoms with Gasteiger partial charge in [0.05, 0.1) is 16.3 Å². The highest BCUT2D eigenvalue weighted by atomic mass is 32.1. The van der Waals surface area contributed by atoms with E-state index in [-0.39, 0.29) is 5.91 Å². The van der Waals surface area contributed by atoms with Crippen LogP contribution in [0.4, 0.5) is 0 Å².